The monoisotopic (exact) mass is 191 g/mol. The topological polar surface area (TPSA) is 49.6 Å². The Balaban J connectivity index is 0.000000791. The van der Waals surface area contributed by atoms with E-state index in [1.807, 2.05) is 19.9 Å². The van der Waals surface area contributed by atoms with Crippen molar-refractivity contribution in [1.82, 2.24) is 9.97 Å². The van der Waals surface area contributed by atoms with Gasteiger partial charge in [0, 0.05) is 18.3 Å². The van der Waals surface area contributed by atoms with Crippen molar-refractivity contribution in [3.8, 4) is 6.07 Å². The van der Waals surface area contributed by atoms with Crippen LogP contribution in [0.5, 0.6) is 0 Å². The summed E-state index contributed by atoms with van der Waals surface area (Å²) in [6.07, 6.45) is 4.15. The highest BCUT2D eigenvalue weighted by molar-refractivity contribution is 5.22. The van der Waals surface area contributed by atoms with Gasteiger partial charge in [0.15, 0.2) is 0 Å². The first-order valence-electron chi connectivity index (χ1n) is 5.00. The van der Waals surface area contributed by atoms with Gasteiger partial charge in [0.1, 0.15) is 11.9 Å². The minimum absolute atomic E-state index is 0.373. The summed E-state index contributed by atoms with van der Waals surface area (Å²) in [5.41, 5.74) is 0.516. The van der Waals surface area contributed by atoms with Crippen LogP contribution in [0.2, 0.25) is 0 Å². The minimum Gasteiger partial charge on any atom is -0.240 e. The first-order valence-corrected chi connectivity index (χ1v) is 5.00. The molecule has 0 saturated carbocycles. The van der Waals surface area contributed by atoms with E-state index >= 15 is 0 Å². The summed E-state index contributed by atoms with van der Waals surface area (Å²) in [5, 5.41) is 8.49. The van der Waals surface area contributed by atoms with Gasteiger partial charge in [0.05, 0.1) is 5.56 Å². The molecule has 1 aromatic rings. The van der Waals surface area contributed by atoms with Gasteiger partial charge in [-0.2, -0.15) is 5.26 Å². The summed E-state index contributed by atoms with van der Waals surface area (Å²) < 4.78 is 0. The van der Waals surface area contributed by atoms with Crippen LogP contribution in [0.1, 0.15) is 51.4 Å². The average Bonchev–Trinajstić information content (AvgIpc) is 2.31. The predicted molar refractivity (Wildman–Crippen MR) is 56.8 cm³/mol. The number of nitrogens with zero attached hydrogens (tertiary/aromatic N) is 3. The van der Waals surface area contributed by atoms with Crippen molar-refractivity contribution in [2.75, 3.05) is 0 Å². The molecule has 76 valence electrons. The number of aromatic nitrogens is 2. The molecule has 0 aliphatic carbocycles. The van der Waals surface area contributed by atoms with Gasteiger partial charge in [-0.25, -0.2) is 9.97 Å². The molecule has 3 nitrogen and oxygen atoms in total. The smallest absolute Gasteiger partial charge is 0.131 e. The van der Waals surface area contributed by atoms with E-state index in [2.05, 4.69) is 23.8 Å². The molecule has 1 unspecified atom stereocenters. The highest BCUT2D eigenvalue weighted by Crippen LogP contribution is 2.12. The molecule has 0 bridgehead atoms. The van der Waals surface area contributed by atoms with Crippen molar-refractivity contribution in [3.63, 3.8) is 0 Å². The molecule has 1 atom stereocenters. The molecule has 1 heterocycles. The lowest BCUT2D eigenvalue weighted by Gasteiger charge is -2.04. The van der Waals surface area contributed by atoms with Crippen LogP contribution in [0.15, 0.2) is 12.4 Å². The van der Waals surface area contributed by atoms with Gasteiger partial charge in [-0.15, -0.1) is 0 Å². The number of hydrogen-bond acceptors (Lipinski definition) is 3. The standard InChI is InChI=1S/C9H11N3.C2H6/c1-3-7(2)9-11-5-8(4-10)6-12-9;1-2/h5-7H,3H2,1-2H3;1-2H3. The third kappa shape index (κ3) is 3.53. The zero-order valence-electron chi connectivity index (χ0n) is 9.28. The predicted octanol–water partition coefficient (Wildman–Crippen LogP) is 2.89. The maximum absolute atomic E-state index is 8.49. The third-order valence-corrected chi connectivity index (χ3v) is 1.85. The zero-order valence-corrected chi connectivity index (χ0v) is 9.28. The summed E-state index contributed by atoms with van der Waals surface area (Å²) in [6.45, 7) is 8.16. The second kappa shape index (κ2) is 7.02. The Morgan fingerprint density at radius 2 is 1.86 bits per heavy atom. The Kier molecular flexibility index (Phi) is 6.30. The number of rotatable bonds is 2. The first kappa shape index (κ1) is 12.6. The Morgan fingerprint density at radius 3 is 2.21 bits per heavy atom. The fraction of sp³-hybridized carbons (Fsp3) is 0.545. The van der Waals surface area contributed by atoms with Gasteiger partial charge >= 0.3 is 0 Å². The van der Waals surface area contributed by atoms with Gasteiger partial charge in [-0.05, 0) is 6.42 Å². The Morgan fingerprint density at radius 1 is 1.36 bits per heavy atom. The average molecular weight is 191 g/mol. The molecule has 3 heteroatoms. The first-order chi connectivity index (χ1) is 6.77. The van der Waals surface area contributed by atoms with Crippen LogP contribution in [0.4, 0.5) is 0 Å². The van der Waals surface area contributed by atoms with E-state index in [0.29, 0.717) is 11.5 Å². The van der Waals surface area contributed by atoms with Crippen LogP contribution >= 0.6 is 0 Å². The van der Waals surface area contributed by atoms with Gasteiger partial charge in [-0.1, -0.05) is 27.7 Å². The molecule has 0 aliphatic heterocycles. The van der Waals surface area contributed by atoms with E-state index in [1.54, 1.807) is 12.4 Å². The molecule has 0 amide bonds. The van der Waals surface area contributed by atoms with Crippen LogP contribution in [-0.2, 0) is 0 Å². The van der Waals surface area contributed by atoms with E-state index in [4.69, 9.17) is 5.26 Å². The summed E-state index contributed by atoms with van der Waals surface area (Å²) in [5.74, 6) is 1.19. The van der Waals surface area contributed by atoms with Crippen molar-refractivity contribution < 1.29 is 0 Å². The molecule has 1 rings (SSSR count). The van der Waals surface area contributed by atoms with Gasteiger partial charge in [0.2, 0.25) is 0 Å². The minimum atomic E-state index is 0.373. The second-order valence-corrected chi connectivity index (χ2v) is 2.75. The maximum atomic E-state index is 8.49. The highest BCUT2D eigenvalue weighted by Gasteiger charge is 2.04. The maximum Gasteiger partial charge on any atom is 0.131 e. The Bertz CT molecular complexity index is 284. The summed E-state index contributed by atoms with van der Waals surface area (Å²) in [7, 11) is 0. The van der Waals surface area contributed by atoms with E-state index < -0.39 is 0 Å². The van der Waals surface area contributed by atoms with Crippen molar-refractivity contribution >= 4 is 0 Å². The van der Waals surface area contributed by atoms with Crippen molar-refractivity contribution in [2.24, 2.45) is 0 Å². The van der Waals surface area contributed by atoms with E-state index in [1.165, 1.54) is 0 Å². The number of nitriles is 1. The fourth-order valence-corrected chi connectivity index (χ4v) is 0.833. The van der Waals surface area contributed by atoms with E-state index in [9.17, 15) is 0 Å². The van der Waals surface area contributed by atoms with Crippen molar-refractivity contribution in [2.45, 2.75) is 40.0 Å². The molecule has 0 fully saturated rings. The lowest BCUT2D eigenvalue weighted by molar-refractivity contribution is 0.677. The van der Waals surface area contributed by atoms with Crippen LogP contribution in [-0.4, -0.2) is 9.97 Å². The highest BCUT2D eigenvalue weighted by atomic mass is 14.9. The third-order valence-electron chi connectivity index (χ3n) is 1.85. The molecule has 0 radical (unpaired) electrons. The second-order valence-electron chi connectivity index (χ2n) is 2.75. The van der Waals surface area contributed by atoms with Crippen molar-refractivity contribution in [3.05, 3.63) is 23.8 Å². The van der Waals surface area contributed by atoms with Crippen molar-refractivity contribution in [1.29, 1.82) is 5.26 Å². The van der Waals surface area contributed by atoms with Crippen LogP contribution in [0.3, 0.4) is 0 Å². The van der Waals surface area contributed by atoms with Gasteiger partial charge < -0.3 is 0 Å². The van der Waals surface area contributed by atoms with Crippen LogP contribution < -0.4 is 0 Å². The SMILES string of the molecule is CC.CCC(C)c1ncc(C#N)cn1. The number of hydrogen-bond donors (Lipinski definition) is 0. The molecule has 1 aromatic heterocycles. The molecule has 0 N–H and O–H groups in total. The molecule has 0 spiro atoms. The van der Waals surface area contributed by atoms with Crippen LogP contribution in [0.25, 0.3) is 0 Å². The van der Waals surface area contributed by atoms with Gasteiger partial charge in [0.25, 0.3) is 0 Å². The van der Waals surface area contributed by atoms with E-state index in [0.717, 1.165) is 12.2 Å². The summed E-state index contributed by atoms with van der Waals surface area (Å²) in [4.78, 5) is 8.17. The Labute approximate surface area is 85.8 Å². The van der Waals surface area contributed by atoms with Gasteiger partial charge in [-0.3, -0.25) is 0 Å². The molecule has 14 heavy (non-hydrogen) atoms. The Hall–Kier alpha value is -1.43. The quantitative estimate of drug-likeness (QED) is 0.722. The molecule has 0 aliphatic rings. The fourth-order valence-electron chi connectivity index (χ4n) is 0.833. The lowest BCUT2D eigenvalue weighted by Crippen LogP contribution is -1.99. The zero-order chi connectivity index (χ0) is 11.0. The normalized spacial score (nSPS) is 10.8. The summed E-state index contributed by atoms with van der Waals surface area (Å²) >= 11 is 0. The lowest BCUT2D eigenvalue weighted by atomic mass is 10.1. The van der Waals surface area contributed by atoms with E-state index in [-0.39, 0.29) is 0 Å². The molecular formula is C11H17N3. The largest absolute Gasteiger partial charge is 0.240 e. The van der Waals surface area contributed by atoms with Crippen LogP contribution in [0, 0.1) is 11.3 Å². The molecular weight excluding hydrogens is 174 g/mol. The summed E-state index contributed by atoms with van der Waals surface area (Å²) in [6, 6.07) is 1.99. The molecule has 0 saturated heterocycles. The molecule has 0 aromatic carbocycles.